The summed E-state index contributed by atoms with van der Waals surface area (Å²) in [5.74, 6) is -1.62. The summed E-state index contributed by atoms with van der Waals surface area (Å²) in [5.41, 5.74) is -1.51. The summed E-state index contributed by atoms with van der Waals surface area (Å²) in [5, 5.41) is 5.47. The highest BCUT2D eigenvalue weighted by Crippen LogP contribution is 2.28. The fourth-order valence-corrected chi connectivity index (χ4v) is 1.71. The number of alkyl halides is 3. The number of thiol groups is 1. The van der Waals surface area contributed by atoms with E-state index in [2.05, 4.69) is 23.0 Å². The number of halogens is 3. The standard InChI is InChI=1S/C11H14F3N3O3S/c1-3-20-10(19)6(5-21)15-9(18)7-4-8(11(12,13)14)16-17(7)2/h4,6,21H,3,5H2,1-2H3,(H,15,18)/t6-/m0/s1. The predicted molar refractivity (Wildman–Crippen MR) is 70.0 cm³/mol. The molecule has 10 heteroatoms. The Morgan fingerprint density at radius 3 is 2.57 bits per heavy atom. The Kier molecular flexibility index (Phi) is 5.64. The summed E-state index contributed by atoms with van der Waals surface area (Å²) < 4.78 is 43.0. The molecule has 0 aliphatic carbocycles. The van der Waals surface area contributed by atoms with Crippen LogP contribution in [0.3, 0.4) is 0 Å². The fraction of sp³-hybridized carbons (Fsp3) is 0.545. The number of carbonyl (C=O) groups is 2. The smallest absolute Gasteiger partial charge is 0.435 e. The molecule has 0 aromatic carbocycles. The number of ether oxygens (including phenoxy) is 1. The molecule has 0 fully saturated rings. The molecule has 1 rings (SSSR count). The molecule has 1 atom stereocenters. The van der Waals surface area contributed by atoms with Crippen LogP contribution in [0.15, 0.2) is 6.07 Å². The van der Waals surface area contributed by atoms with Gasteiger partial charge in [-0.1, -0.05) is 0 Å². The van der Waals surface area contributed by atoms with Crippen LogP contribution in [-0.2, 0) is 22.8 Å². The van der Waals surface area contributed by atoms with E-state index in [1.807, 2.05) is 0 Å². The molecule has 0 bridgehead atoms. The first-order valence-electron chi connectivity index (χ1n) is 5.90. The molecule has 118 valence electrons. The van der Waals surface area contributed by atoms with Crippen molar-refractivity contribution in [2.24, 2.45) is 7.05 Å². The van der Waals surface area contributed by atoms with Gasteiger partial charge in [-0.3, -0.25) is 9.48 Å². The summed E-state index contributed by atoms with van der Waals surface area (Å²) in [6.45, 7) is 1.70. The van der Waals surface area contributed by atoms with Gasteiger partial charge in [-0.15, -0.1) is 0 Å². The van der Waals surface area contributed by atoms with Gasteiger partial charge in [0.05, 0.1) is 6.61 Å². The summed E-state index contributed by atoms with van der Waals surface area (Å²) in [6.07, 6.45) is -4.65. The topological polar surface area (TPSA) is 73.2 Å². The van der Waals surface area contributed by atoms with Gasteiger partial charge < -0.3 is 10.1 Å². The number of amides is 1. The molecule has 6 nitrogen and oxygen atoms in total. The Morgan fingerprint density at radius 2 is 2.14 bits per heavy atom. The number of nitrogens with zero attached hydrogens (tertiary/aromatic N) is 2. The molecule has 1 aromatic rings. The number of aryl methyl sites for hydroxylation is 1. The Balaban J connectivity index is 2.89. The van der Waals surface area contributed by atoms with Crippen molar-refractivity contribution < 1.29 is 27.5 Å². The van der Waals surface area contributed by atoms with Crippen LogP contribution >= 0.6 is 12.6 Å². The van der Waals surface area contributed by atoms with Crippen LogP contribution in [0.2, 0.25) is 0 Å². The van der Waals surface area contributed by atoms with Crippen molar-refractivity contribution in [3.05, 3.63) is 17.5 Å². The van der Waals surface area contributed by atoms with Crippen molar-refractivity contribution in [2.75, 3.05) is 12.4 Å². The van der Waals surface area contributed by atoms with Crippen LogP contribution in [0.25, 0.3) is 0 Å². The van der Waals surface area contributed by atoms with Crippen molar-refractivity contribution in [3.63, 3.8) is 0 Å². The molecule has 0 radical (unpaired) electrons. The average Bonchev–Trinajstić information content (AvgIpc) is 2.78. The van der Waals surface area contributed by atoms with Gasteiger partial charge in [0.2, 0.25) is 0 Å². The van der Waals surface area contributed by atoms with E-state index in [4.69, 9.17) is 4.74 Å². The quantitative estimate of drug-likeness (QED) is 0.626. The predicted octanol–water partition coefficient (Wildman–Crippen LogP) is 1.03. The largest absolute Gasteiger partial charge is 0.464 e. The van der Waals surface area contributed by atoms with Crippen LogP contribution in [-0.4, -0.2) is 40.1 Å². The molecular weight excluding hydrogens is 311 g/mol. The minimum Gasteiger partial charge on any atom is -0.464 e. The van der Waals surface area contributed by atoms with Crippen LogP contribution in [0.1, 0.15) is 23.1 Å². The minimum atomic E-state index is -4.65. The number of nitrogens with one attached hydrogen (secondary N) is 1. The number of carbonyl (C=O) groups excluding carboxylic acids is 2. The van der Waals surface area contributed by atoms with Gasteiger partial charge in [-0.05, 0) is 6.92 Å². The number of hydrogen-bond donors (Lipinski definition) is 2. The van der Waals surface area contributed by atoms with E-state index in [1.54, 1.807) is 6.92 Å². The first-order chi connectivity index (χ1) is 9.70. The third-order valence-corrected chi connectivity index (χ3v) is 2.83. The molecule has 0 spiro atoms. The lowest BCUT2D eigenvalue weighted by Crippen LogP contribution is -2.43. The summed E-state index contributed by atoms with van der Waals surface area (Å²) in [6, 6.07) is -0.444. The van der Waals surface area contributed by atoms with Gasteiger partial charge in [0.25, 0.3) is 5.91 Å². The first-order valence-corrected chi connectivity index (χ1v) is 6.53. The molecule has 0 aliphatic rings. The molecule has 1 aromatic heterocycles. The molecular formula is C11H14F3N3O3S. The minimum absolute atomic E-state index is 0.0471. The zero-order valence-corrected chi connectivity index (χ0v) is 12.2. The van der Waals surface area contributed by atoms with Gasteiger partial charge >= 0.3 is 12.1 Å². The van der Waals surface area contributed by atoms with E-state index < -0.39 is 29.8 Å². The van der Waals surface area contributed by atoms with Crippen LogP contribution in [0.5, 0.6) is 0 Å². The molecule has 0 unspecified atom stereocenters. The van der Waals surface area contributed by atoms with Crippen molar-refractivity contribution in [1.82, 2.24) is 15.1 Å². The highest BCUT2D eigenvalue weighted by molar-refractivity contribution is 7.80. The Bertz CT molecular complexity index is 531. The van der Waals surface area contributed by atoms with Gasteiger partial charge in [0.15, 0.2) is 5.69 Å². The van der Waals surface area contributed by atoms with E-state index in [0.29, 0.717) is 6.07 Å². The lowest BCUT2D eigenvalue weighted by Gasteiger charge is -2.14. The number of hydrogen-bond acceptors (Lipinski definition) is 5. The Hall–Kier alpha value is -1.71. The van der Waals surface area contributed by atoms with E-state index in [9.17, 15) is 22.8 Å². The van der Waals surface area contributed by atoms with Gasteiger partial charge in [-0.25, -0.2) is 4.79 Å². The zero-order chi connectivity index (χ0) is 16.2. The third-order valence-electron chi connectivity index (χ3n) is 2.46. The van der Waals surface area contributed by atoms with Crippen LogP contribution in [0, 0.1) is 0 Å². The summed E-state index contributed by atoms with van der Waals surface area (Å²) in [7, 11) is 1.20. The normalized spacial score (nSPS) is 12.9. The van der Waals surface area contributed by atoms with Crippen molar-refractivity contribution in [3.8, 4) is 0 Å². The first kappa shape index (κ1) is 17.3. The van der Waals surface area contributed by atoms with Gasteiger partial charge in [0.1, 0.15) is 11.7 Å². The highest BCUT2D eigenvalue weighted by atomic mass is 32.1. The molecule has 1 N–H and O–H groups in total. The van der Waals surface area contributed by atoms with E-state index in [0.717, 1.165) is 4.68 Å². The number of esters is 1. The second-order valence-electron chi connectivity index (χ2n) is 4.00. The maximum Gasteiger partial charge on any atom is 0.435 e. The Labute approximate surface area is 124 Å². The molecule has 1 amide bonds. The Morgan fingerprint density at radius 1 is 1.52 bits per heavy atom. The van der Waals surface area contributed by atoms with Gasteiger partial charge in [-0.2, -0.15) is 30.9 Å². The van der Waals surface area contributed by atoms with E-state index in [1.165, 1.54) is 7.05 Å². The molecule has 0 saturated heterocycles. The van der Waals surface area contributed by atoms with E-state index in [-0.39, 0.29) is 18.1 Å². The van der Waals surface area contributed by atoms with Crippen LogP contribution in [0.4, 0.5) is 13.2 Å². The maximum absolute atomic E-state index is 12.5. The number of rotatable bonds is 5. The van der Waals surface area contributed by atoms with Crippen molar-refractivity contribution in [2.45, 2.75) is 19.1 Å². The molecule has 0 aliphatic heterocycles. The highest BCUT2D eigenvalue weighted by Gasteiger charge is 2.35. The monoisotopic (exact) mass is 325 g/mol. The fourth-order valence-electron chi connectivity index (χ4n) is 1.47. The molecule has 0 saturated carbocycles. The van der Waals surface area contributed by atoms with Crippen LogP contribution < -0.4 is 5.32 Å². The lowest BCUT2D eigenvalue weighted by atomic mass is 10.3. The number of aromatic nitrogens is 2. The van der Waals surface area contributed by atoms with E-state index >= 15 is 0 Å². The second-order valence-corrected chi connectivity index (χ2v) is 4.36. The second kappa shape index (κ2) is 6.83. The zero-order valence-electron chi connectivity index (χ0n) is 11.3. The summed E-state index contributed by atoms with van der Waals surface area (Å²) >= 11 is 3.89. The molecule has 21 heavy (non-hydrogen) atoms. The SMILES string of the molecule is CCOC(=O)[C@H](CS)NC(=O)c1cc(C(F)(F)F)nn1C. The summed E-state index contributed by atoms with van der Waals surface area (Å²) in [4.78, 5) is 23.4. The molecule has 1 heterocycles. The van der Waals surface area contributed by atoms with Gasteiger partial charge in [0, 0.05) is 18.9 Å². The lowest BCUT2D eigenvalue weighted by molar-refractivity contribution is -0.144. The van der Waals surface area contributed by atoms with Crippen molar-refractivity contribution >= 4 is 24.5 Å². The average molecular weight is 325 g/mol. The van der Waals surface area contributed by atoms with Crippen molar-refractivity contribution in [1.29, 1.82) is 0 Å². The third kappa shape index (κ3) is 4.38. The maximum atomic E-state index is 12.5.